The van der Waals surface area contributed by atoms with Crippen LogP contribution in [-0.2, 0) is 68.5 Å². The van der Waals surface area contributed by atoms with Gasteiger partial charge in [0.25, 0.3) is 0 Å². The minimum atomic E-state index is -1.61. The third-order valence-electron chi connectivity index (χ3n) is 20.2. The van der Waals surface area contributed by atoms with E-state index < -0.39 is 109 Å². The van der Waals surface area contributed by atoms with E-state index in [4.69, 9.17) is 43.6 Å². The van der Waals surface area contributed by atoms with E-state index in [9.17, 15) is 48.9 Å². The Bertz CT molecular complexity index is 2750. The normalized spacial score (nSPS) is 35.0. The number of anilines is 1. The van der Waals surface area contributed by atoms with Gasteiger partial charge in [-0.05, 0) is 105 Å². The molecule has 10 rings (SSSR count). The van der Waals surface area contributed by atoms with Crippen LogP contribution in [0.4, 0.5) is 15.3 Å². The van der Waals surface area contributed by atoms with Crippen molar-refractivity contribution in [1.29, 1.82) is 0 Å². The molecular formula is C67H100N6O18. The van der Waals surface area contributed by atoms with Gasteiger partial charge in [-0.3, -0.25) is 24.0 Å². The number of rotatable bonds is 21. The molecule has 24 heteroatoms. The number of aliphatic hydroxyl groups excluding tert-OH is 2. The first-order chi connectivity index (χ1) is 43.3. The number of primary amides is 1. The largest absolute Gasteiger partial charge is 0.445 e. The van der Waals surface area contributed by atoms with Crippen LogP contribution in [0.25, 0.3) is 0 Å². The van der Waals surface area contributed by atoms with E-state index >= 15 is 0 Å². The molecule has 8 saturated heterocycles. The number of alkyl carbamates (subject to hydrolysis) is 1. The second-order valence-corrected chi connectivity index (χ2v) is 27.7. The van der Waals surface area contributed by atoms with Gasteiger partial charge in [0.15, 0.2) is 5.79 Å². The quantitative estimate of drug-likeness (QED) is 0.0561. The fourth-order valence-electron chi connectivity index (χ4n) is 14.9. The molecule has 11 bridgehead atoms. The van der Waals surface area contributed by atoms with Gasteiger partial charge in [0.2, 0.25) is 17.7 Å². The number of Topliss-reactive ketones (excluding diaryl/α,β-unsaturated/α-hetero) is 2. The van der Waals surface area contributed by atoms with Gasteiger partial charge >= 0.3 is 12.1 Å². The molecule has 8 heterocycles. The molecule has 0 radical (unpaired) electrons. The Hall–Kier alpha value is -5.41. The monoisotopic (exact) mass is 1280 g/mol. The summed E-state index contributed by atoms with van der Waals surface area (Å²) in [4.78, 5) is 91.2. The molecule has 9 fully saturated rings. The third kappa shape index (κ3) is 18.1. The number of hydrogen-bond acceptors (Lipinski definition) is 18. The van der Waals surface area contributed by atoms with Crippen molar-refractivity contribution in [3.8, 4) is 0 Å². The number of ether oxygens (including phenoxy) is 8. The smallest absolute Gasteiger partial charge is 0.407 e. The van der Waals surface area contributed by atoms with Crippen LogP contribution < -0.4 is 32.3 Å². The molecule has 1 aromatic carbocycles. The lowest BCUT2D eigenvalue weighted by Crippen LogP contribution is -2.70. The third-order valence-corrected chi connectivity index (χ3v) is 20.2. The summed E-state index contributed by atoms with van der Waals surface area (Å²) in [7, 11) is 1.57. The first-order valence-corrected chi connectivity index (χ1v) is 33.2. The van der Waals surface area contributed by atoms with Crippen LogP contribution in [0.1, 0.15) is 156 Å². The Labute approximate surface area is 534 Å². The Morgan fingerprint density at radius 3 is 2.24 bits per heavy atom. The molecule has 1 aliphatic carbocycles. The highest BCUT2D eigenvalue weighted by atomic mass is 16.7. The Morgan fingerprint density at radius 2 is 1.52 bits per heavy atom. The minimum Gasteiger partial charge on any atom is -0.445 e. The average Bonchev–Trinajstić information content (AvgIpc) is 1.32. The minimum absolute atomic E-state index is 0.0309. The van der Waals surface area contributed by atoms with Gasteiger partial charge in [-0.2, -0.15) is 0 Å². The molecule has 1 saturated carbocycles. The van der Waals surface area contributed by atoms with Crippen LogP contribution in [0.15, 0.2) is 48.6 Å². The lowest BCUT2D eigenvalue weighted by atomic mass is 9.61. The zero-order valence-corrected chi connectivity index (χ0v) is 53.8. The van der Waals surface area contributed by atoms with Gasteiger partial charge in [-0.1, -0.05) is 59.9 Å². The van der Waals surface area contributed by atoms with Gasteiger partial charge in [-0.25, -0.2) is 9.59 Å². The maximum absolute atomic E-state index is 14.5. The summed E-state index contributed by atoms with van der Waals surface area (Å²) in [6.45, 7) is 17.8. The maximum atomic E-state index is 14.5. The number of nitrogens with two attached hydrogens (primary N) is 1. The van der Waals surface area contributed by atoms with Gasteiger partial charge in [0.1, 0.15) is 36.4 Å². The number of benzene rings is 1. The lowest BCUT2D eigenvalue weighted by molar-refractivity contribution is -0.369. The molecule has 10 N–H and O–H groups in total. The van der Waals surface area contributed by atoms with Crippen LogP contribution >= 0.6 is 0 Å². The summed E-state index contributed by atoms with van der Waals surface area (Å²) in [6, 6.07) is 3.64. The number of urea groups is 1. The number of methoxy groups -OCH3 is 1. The highest BCUT2D eigenvalue weighted by Crippen LogP contribution is 2.54. The second-order valence-electron chi connectivity index (χ2n) is 27.7. The first kappa shape index (κ1) is 69.9. The Kier molecular flexibility index (Phi) is 24.0. The number of aliphatic hydroxyl groups is 3. The van der Waals surface area contributed by atoms with E-state index in [-0.39, 0.29) is 149 Å². The van der Waals surface area contributed by atoms with Crippen LogP contribution in [-0.4, -0.2) is 180 Å². The van der Waals surface area contributed by atoms with Gasteiger partial charge in [0.05, 0.1) is 79.4 Å². The first-order valence-electron chi connectivity index (χ1n) is 33.2. The molecule has 6 amide bonds. The van der Waals surface area contributed by atoms with Crippen molar-refractivity contribution in [3.05, 3.63) is 54.1 Å². The molecule has 91 heavy (non-hydrogen) atoms. The number of fused-ring (bicyclic) bond motifs is 7. The zero-order valence-electron chi connectivity index (χ0n) is 53.8. The fraction of sp³-hybridized carbons (Fsp3) is 0.746. The van der Waals surface area contributed by atoms with E-state index in [2.05, 4.69) is 46.7 Å². The lowest BCUT2D eigenvalue weighted by Gasteiger charge is -2.61. The van der Waals surface area contributed by atoms with E-state index in [0.29, 0.717) is 62.6 Å². The van der Waals surface area contributed by atoms with Crippen molar-refractivity contribution in [2.24, 2.45) is 41.2 Å². The van der Waals surface area contributed by atoms with Crippen molar-refractivity contribution in [2.75, 3.05) is 25.5 Å². The Balaban J connectivity index is 0.804. The molecule has 0 aromatic heterocycles. The number of amides is 6. The zero-order chi connectivity index (χ0) is 65.4. The van der Waals surface area contributed by atoms with E-state index in [1.807, 2.05) is 0 Å². The van der Waals surface area contributed by atoms with Crippen LogP contribution in [0.2, 0.25) is 0 Å². The van der Waals surface area contributed by atoms with E-state index in [1.54, 1.807) is 59.1 Å². The topological polar surface area (TPSA) is 340 Å². The van der Waals surface area contributed by atoms with Crippen molar-refractivity contribution in [3.63, 3.8) is 0 Å². The summed E-state index contributed by atoms with van der Waals surface area (Å²) in [5.41, 5.74) is 8.11. The molecule has 506 valence electrons. The predicted octanol–water partition coefficient (Wildman–Crippen LogP) is 5.25. The number of carbonyl (C=O) groups excluding carboxylic acids is 7. The molecule has 24 nitrogen and oxygen atoms in total. The predicted molar refractivity (Wildman–Crippen MR) is 331 cm³/mol. The van der Waals surface area contributed by atoms with Gasteiger partial charge in [0, 0.05) is 101 Å². The molecule has 21 atom stereocenters. The number of carbonyl (C=O) groups is 7. The SMILES string of the molecule is C=C1C[C@@H]2CC[C@@]3(O)C[C@@H](O)[C@@H]4CC5[C@H]4O[C@H]4CC[C@H](CC(=O)C[C@@H]6[C@@H](OC)[C@@H](C[C@H](O)CNC(=O)OCc7ccc(NC(=O)[C@H](CCCNC(N)=O)NC(=O)[C@@H](NC(=O)CCC(=O)C(C)C)C(C)C)cc7)O[C@H]6C[C@H]6O[C@@H](CC[C@@H]1O2)C[C@@H](C)C6=C)O[C@@H]4[C@@H]5O3. The van der Waals surface area contributed by atoms with Gasteiger partial charge < -0.3 is 85.5 Å². The molecule has 8 aliphatic heterocycles. The number of ketones is 2. The standard InChI is InChI=1S/C67H100N6O18/c1-34(2)50(76)17-20-57(78)73-58(35(3)4)64(80)72-49(10-9-23-69-65(68)81)63(79)71-40-13-11-39(12-14-40)33-85-66(82)70-32-42(75)28-56-60(84-8)47-27-41(74)26-44-16-19-53-62(88-44)61-48-29-46(59(48)90-53)51(77)31-67(83,91-61)22-21-45-25-37(6)52(86-45)18-15-43-24-36(5)38(7)54(87-43)30-55(47)89-56/h11-14,34-36,42-49,51-56,58-62,75,77,83H,6-7,9-10,15-33H2,1-5,8H3,(H,70,82)(H,71,79)(H,72,80)(H,73,78)(H3,68,69,81)/t36-,42+,43+,44-,45+,46+,47+,48?,49+,51-,52+,53+,54-,55+,56-,58+,59+,60-,61-,62+,67+/m1/s1. The van der Waals surface area contributed by atoms with Crippen LogP contribution in [0.5, 0.6) is 0 Å². The van der Waals surface area contributed by atoms with Crippen LogP contribution in [0.3, 0.4) is 0 Å². The maximum Gasteiger partial charge on any atom is 0.407 e. The number of nitrogens with one attached hydrogen (secondary N) is 5. The molecule has 0 spiro atoms. The summed E-state index contributed by atoms with van der Waals surface area (Å²) in [6.07, 6.45) is -0.710. The molecule has 1 aromatic rings. The molecule has 9 aliphatic rings. The van der Waals surface area contributed by atoms with E-state index in [1.165, 1.54) is 0 Å². The number of hydrogen-bond donors (Lipinski definition) is 9. The second kappa shape index (κ2) is 31.2. The van der Waals surface area contributed by atoms with Gasteiger partial charge in [-0.15, -0.1) is 0 Å². The van der Waals surface area contributed by atoms with Crippen molar-refractivity contribution in [2.45, 2.75) is 260 Å². The molecule has 1 unspecified atom stereocenters. The Morgan fingerprint density at radius 1 is 0.780 bits per heavy atom. The van der Waals surface area contributed by atoms with Crippen molar-refractivity contribution >= 4 is 47.1 Å². The average molecular weight is 1280 g/mol. The summed E-state index contributed by atoms with van der Waals surface area (Å²) >= 11 is 0. The fourth-order valence-corrected chi connectivity index (χ4v) is 14.9. The van der Waals surface area contributed by atoms with Crippen molar-refractivity contribution < 1.29 is 86.8 Å². The molecular weight excluding hydrogens is 1180 g/mol. The summed E-state index contributed by atoms with van der Waals surface area (Å²) in [5, 5.41) is 48.5. The van der Waals surface area contributed by atoms with Crippen molar-refractivity contribution in [1.82, 2.24) is 21.3 Å². The summed E-state index contributed by atoms with van der Waals surface area (Å²) in [5.74, 6) is -4.46. The highest BCUT2D eigenvalue weighted by Gasteiger charge is 2.62. The van der Waals surface area contributed by atoms with Crippen LogP contribution in [0, 0.1) is 35.5 Å². The van der Waals surface area contributed by atoms with E-state index in [0.717, 1.165) is 17.6 Å². The highest BCUT2D eigenvalue weighted by molar-refractivity contribution is 5.98. The summed E-state index contributed by atoms with van der Waals surface area (Å²) < 4.78 is 52.2.